The van der Waals surface area contributed by atoms with Crippen LogP contribution in [0.5, 0.6) is 0 Å². The molecule has 0 saturated heterocycles. The van der Waals surface area contributed by atoms with Crippen molar-refractivity contribution < 1.29 is 14.3 Å². The lowest BCUT2D eigenvalue weighted by Crippen LogP contribution is -2.40. The number of hydrogen-bond donors (Lipinski definition) is 3. The van der Waals surface area contributed by atoms with Gasteiger partial charge in [-0.3, -0.25) is 4.98 Å². The van der Waals surface area contributed by atoms with E-state index in [1.54, 1.807) is 18.3 Å². The van der Waals surface area contributed by atoms with Gasteiger partial charge in [-0.15, -0.1) is 11.3 Å². The fourth-order valence-electron chi connectivity index (χ4n) is 3.62. The molecule has 2 N–H and O–H groups in total. The summed E-state index contributed by atoms with van der Waals surface area (Å²) in [5, 5.41) is 5.75. The van der Waals surface area contributed by atoms with E-state index in [2.05, 4.69) is 38.4 Å². The quantitative estimate of drug-likeness (QED) is 0.422. The van der Waals surface area contributed by atoms with Crippen LogP contribution >= 0.6 is 24.2 Å². The van der Waals surface area contributed by atoms with Crippen LogP contribution in [-0.2, 0) is 11.3 Å². The maximum atomic E-state index is 12.5. The van der Waals surface area contributed by atoms with Crippen molar-refractivity contribution in [3.8, 4) is 10.6 Å². The Morgan fingerprint density at radius 2 is 1.94 bits per heavy atom. The molecule has 3 aromatic rings. The van der Waals surface area contributed by atoms with Gasteiger partial charge in [-0.2, -0.15) is 0 Å². The second-order valence-corrected chi connectivity index (χ2v) is 10.7. The first-order valence-electron chi connectivity index (χ1n) is 11.2. The molecule has 9 nitrogen and oxygen atoms in total. The van der Waals surface area contributed by atoms with E-state index in [-0.39, 0.29) is 12.1 Å². The van der Waals surface area contributed by atoms with Gasteiger partial charge in [-0.25, -0.2) is 23.9 Å². The number of urea groups is 1. The Morgan fingerprint density at radius 3 is 2.68 bits per heavy atom. The second-order valence-electron chi connectivity index (χ2n) is 9.13. The van der Waals surface area contributed by atoms with Gasteiger partial charge in [0.15, 0.2) is 5.65 Å². The molecule has 1 aliphatic carbocycles. The fraction of sp³-hybridized carbons (Fsp3) is 0.435. The van der Waals surface area contributed by atoms with Gasteiger partial charge < -0.3 is 15.4 Å². The number of aromatic nitrogens is 3. The largest absolute Gasteiger partial charge is 0.444 e. The first kappa shape index (κ1) is 24.2. The van der Waals surface area contributed by atoms with Gasteiger partial charge in [-0.05, 0) is 57.9 Å². The van der Waals surface area contributed by atoms with Crippen molar-refractivity contribution in [1.82, 2.24) is 25.6 Å². The molecule has 3 heterocycles. The molecule has 34 heavy (non-hydrogen) atoms. The van der Waals surface area contributed by atoms with Crippen LogP contribution in [0.25, 0.3) is 21.7 Å². The van der Waals surface area contributed by atoms with Crippen molar-refractivity contribution in [3.05, 3.63) is 35.3 Å². The predicted octanol–water partition coefficient (Wildman–Crippen LogP) is 5.08. The number of nitrogens with zero attached hydrogens (tertiary/aromatic N) is 4. The lowest BCUT2D eigenvalue weighted by Gasteiger charge is -2.19. The van der Waals surface area contributed by atoms with E-state index in [9.17, 15) is 9.59 Å². The van der Waals surface area contributed by atoms with Crippen molar-refractivity contribution in [2.24, 2.45) is 0 Å². The van der Waals surface area contributed by atoms with Gasteiger partial charge in [0.2, 0.25) is 0 Å². The monoisotopic (exact) mass is 500 g/mol. The molecule has 0 atom stereocenters. The second kappa shape index (κ2) is 10.1. The average molecular weight is 501 g/mol. The summed E-state index contributed by atoms with van der Waals surface area (Å²) >= 11 is 5.84. The minimum atomic E-state index is -0.545. The molecule has 3 aromatic heterocycles. The van der Waals surface area contributed by atoms with Crippen molar-refractivity contribution in [2.75, 3.05) is 4.31 Å². The standard InChI is InChI=1S/C23H28N6O3S2/c1-23(2,3)32-22(31)25-12-15-8-10-18(34-15)17-13-24-16-9-11-19(28-20(16)27-17)29(33)21(30)26-14-6-4-5-7-14/h8-11,13-14,33H,4-7,12H2,1-3H3,(H,25,31)(H,26,30). The molecule has 1 fully saturated rings. The summed E-state index contributed by atoms with van der Waals surface area (Å²) in [4.78, 5) is 39.9. The minimum absolute atomic E-state index is 0.187. The van der Waals surface area contributed by atoms with Gasteiger partial charge in [-0.1, -0.05) is 25.7 Å². The number of anilines is 1. The number of alkyl carbamates (subject to hydrolysis) is 1. The number of carbonyl (C=O) groups excluding carboxylic acids is 2. The zero-order valence-electron chi connectivity index (χ0n) is 19.4. The molecule has 180 valence electrons. The van der Waals surface area contributed by atoms with Crippen LogP contribution in [0.4, 0.5) is 15.4 Å². The van der Waals surface area contributed by atoms with E-state index < -0.39 is 11.7 Å². The highest BCUT2D eigenvalue weighted by Gasteiger charge is 2.21. The van der Waals surface area contributed by atoms with Crippen LogP contribution in [0.1, 0.15) is 51.3 Å². The Balaban J connectivity index is 1.45. The van der Waals surface area contributed by atoms with Crippen LogP contribution in [0.2, 0.25) is 0 Å². The number of nitrogens with one attached hydrogen (secondary N) is 2. The van der Waals surface area contributed by atoms with Crippen molar-refractivity contribution in [2.45, 2.75) is 64.6 Å². The highest BCUT2D eigenvalue weighted by Crippen LogP contribution is 2.28. The summed E-state index contributed by atoms with van der Waals surface area (Å²) in [6, 6.07) is 7.21. The first-order valence-corrected chi connectivity index (χ1v) is 12.4. The van der Waals surface area contributed by atoms with E-state index in [4.69, 9.17) is 4.74 Å². The Labute approximate surface area is 207 Å². The third-order valence-electron chi connectivity index (χ3n) is 5.20. The zero-order valence-corrected chi connectivity index (χ0v) is 21.1. The van der Waals surface area contributed by atoms with Gasteiger partial charge in [0.1, 0.15) is 22.6 Å². The van der Waals surface area contributed by atoms with Gasteiger partial charge >= 0.3 is 12.1 Å². The molecule has 0 aromatic carbocycles. The molecule has 0 unspecified atom stereocenters. The Bertz CT molecular complexity index is 1190. The van der Waals surface area contributed by atoms with Gasteiger partial charge in [0.25, 0.3) is 0 Å². The predicted molar refractivity (Wildman–Crippen MR) is 136 cm³/mol. The first-order chi connectivity index (χ1) is 16.2. The molecule has 11 heteroatoms. The molecular weight excluding hydrogens is 472 g/mol. The summed E-state index contributed by atoms with van der Waals surface area (Å²) in [5.74, 6) is 0.381. The molecule has 1 saturated carbocycles. The van der Waals surface area contributed by atoms with Crippen LogP contribution in [0.3, 0.4) is 0 Å². The Morgan fingerprint density at radius 1 is 1.18 bits per heavy atom. The van der Waals surface area contributed by atoms with Crippen LogP contribution in [-0.4, -0.2) is 38.7 Å². The highest BCUT2D eigenvalue weighted by atomic mass is 32.1. The zero-order chi connectivity index (χ0) is 24.3. The fourth-order valence-corrected chi connectivity index (χ4v) is 4.69. The van der Waals surface area contributed by atoms with Crippen molar-refractivity contribution in [1.29, 1.82) is 0 Å². The number of fused-ring (bicyclic) bond motifs is 1. The molecule has 4 rings (SSSR count). The lowest BCUT2D eigenvalue weighted by atomic mass is 10.2. The molecule has 0 radical (unpaired) electrons. The van der Waals surface area contributed by atoms with Gasteiger partial charge in [0, 0.05) is 10.9 Å². The smallest absolute Gasteiger partial charge is 0.407 e. The third kappa shape index (κ3) is 6.15. The van der Waals surface area contributed by atoms with Crippen LogP contribution in [0.15, 0.2) is 30.5 Å². The van der Waals surface area contributed by atoms with E-state index in [1.807, 2.05) is 32.9 Å². The molecule has 0 aliphatic heterocycles. The topological polar surface area (TPSA) is 109 Å². The van der Waals surface area contributed by atoms with Crippen molar-refractivity contribution >= 4 is 53.3 Å². The number of ether oxygens (including phenoxy) is 1. The number of amides is 3. The molecule has 1 aliphatic rings. The maximum Gasteiger partial charge on any atom is 0.407 e. The van der Waals surface area contributed by atoms with Crippen LogP contribution < -0.4 is 14.9 Å². The number of rotatable bonds is 5. The van der Waals surface area contributed by atoms with Gasteiger partial charge in [0.05, 0.1) is 17.6 Å². The number of pyridine rings is 1. The SMILES string of the molecule is CC(C)(C)OC(=O)NCc1ccc(-c2cnc3ccc(N(S)C(=O)NC4CCCC4)nc3n2)s1. The molecule has 0 bridgehead atoms. The lowest BCUT2D eigenvalue weighted by molar-refractivity contribution is 0.0524. The number of carbonyl (C=O) groups is 2. The summed E-state index contributed by atoms with van der Waals surface area (Å²) in [6.45, 7) is 5.82. The van der Waals surface area contributed by atoms with E-state index >= 15 is 0 Å². The van der Waals surface area contributed by atoms with Crippen molar-refractivity contribution in [3.63, 3.8) is 0 Å². The molecular formula is C23H28N6O3S2. The molecule has 3 amide bonds. The number of thiophene rings is 1. The maximum absolute atomic E-state index is 12.5. The summed E-state index contributed by atoms with van der Waals surface area (Å²) < 4.78 is 6.47. The van der Waals surface area contributed by atoms with E-state index in [0.29, 0.717) is 29.2 Å². The summed E-state index contributed by atoms with van der Waals surface area (Å²) in [5.41, 5.74) is 1.15. The van der Waals surface area contributed by atoms with Crippen LogP contribution in [0, 0.1) is 0 Å². The molecule has 0 spiro atoms. The number of thiol groups is 1. The minimum Gasteiger partial charge on any atom is -0.444 e. The summed E-state index contributed by atoms with van der Waals surface area (Å²) in [7, 11) is 0. The third-order valence-corrected chi connectivity index (χ3v) is 6.70. The Kier molecular flexibility index (Phi) is 7.22. The normalized spacial score (nSPS) is 14.2. The van der Waals surface area contributed by atoms with E-state index in [1.165, 1.54) is 15.6 Å². The van der Waals surface area contributed by atoms with E-state index in [0.717, 1.165) is 35.4 Å². The highest BCUT2D eigenvalue weighted by molar-refractivity contribution is 7.82. The number of hydrogen-bond acceptors (Lipinski definition) is 8. The summed E-state index contributed by atoms with van der Waals surface area (Å²) in [6.07, 6.45) is 5.47. The Hall–Kier alpha value is -2.92. The average Bonchev–Trinajstić information content (AvgIpc) is 3.47.